The third kappa shape index (κ3) is 3.64. The third-order valence-electron chi connectivity index (χ3n) is 2.15. The molecule has 0 saturated carbocycles. The van der Waals surface area contributed by atoms with Crippen LogP contribution in [0, 0.1) is 11.6 Å². The molecule has 3 radical (unpaired) electrons. The molecule has 0 fully saturated rings. The van der Waals surface area contributed by atoms with E-state index in [4.69, 9.17) is 24.7 Å². The van der Waals surface area contributed by atoms with E-state index in [1.807, 2.05) is 6.92 Å². The molecule has 1 atom stereocenters. The van der Waals surface area contributed by atoms with Gasteiger partial charge < -0.3 is 9.22 Å². The van der Waals surface area contributed by atoms with Crippen molar-refractivity contribution < 1.29 is 4.65 Å². The van der Waals surface area contributed by atoms with Crippen LogP contribution in [0.5, 0.6) is 0 Å². The molecule has 83 valence electrons. The average molecular weight is 235 g/mol. The molecule has 7 heteroatoms. The molecule has 1 rings (SSSR count). The zero-order chi connectivity index (χ0) is 12.1. The molecule has 0 amide bonds. The van der Waals surface area contributed by atoms with Gasteiger partial charge in [-0.1, -0.05) is 19.0 Å². The highest BCUT2D eigenvalue weighted by atomic mass is 32.1. The van der Waals surface area contributed by atoms with Gasteiger partial charge in [-0.25, -0.2) is 4.79 Å². The molecule has 16 heavy (non-hydrogen) atoms. The first-order valence-electron chi connectivity index (χ1n) is 5.04. The smallest absolute Gasteiger partial charge is 0.326 e. The minimum atomic E-state index is -0.389. The number of hydrogen-bond donors (Lipinski definition) is 1. The summed E-state index contributed by atoms with van der Waals surface area (Å²) < 4.78 is 7.09. The fraction of sp³-hybridized carbons (Fsp3) is 0.556. The molecular formula is C9H13B2N2O2S. The maximum Gasteiger partial charge on any atom is 0.326 e. The number of hydrogen-bond acceptors (Lipinski definition) is 3. The van der Waals surface area contributed by atoms with Crippen molar-refractivity contribution in [3.8, 4) is 0 Å². The number of H-pyrrole nitrogens is 1. The molecule has 4 nitrogen and oxygen atoms in total. The van der Waals surface area contributed by atoms with Gasteiger partial charge in [0.25, 0.3) is 7.48 Å². The lowest BCUT2D eigenvalue weighted by molar-refractivity contribution is 0.276. The fourth-order valence-electron chi connectivity index (χ4n) is 1.29. The van der Waals surface area contributed by atoms with Gasteiger partial charge in [0.05, 0.1) is 0 Å². The second-order valence-corrected chi connectivity index (χ2v) is 3.87. The van der Waals surface area contributed by atoms with Crippen LogP contribution in [-0.4, -0.2) is 30.9 Å². The van der Waals surface area contributed by atoms with Crippen LogP contribution >= 0.6 is 12.2 Å². The Morgan fingerprint density at radius 3 is 3.06 bits per heavy atom. The summed E-state index contributed by atoms with van der Waals surface area (Å²) >= 11 is 4.95. The van der Waals surface area contributed by atoms with E-state index < -0.39 is 0 Å². The van der Waals surface area contributed by atoms with E-state index in [1.54, 1.807) is 17.6 Å². The first kappa shape index (κ1) is 13.3. The largest absolute Gasteiger partial charge is 0.446 e. The van der Waals surface area contributed by atoms with E-state index in [2.05, 4.69) is 4.98 Å². The Kier molecular flexibility index (Phi) is 5.02. The highest BCUT2D eigenvalue weighted by Gasteiger charge is 2.03. The van der Waals surface area contributed by atoms with E-state index in [1.165, 1.54) is 7.48 Å². The van der Waals surface area contributed by atoms with Crippen molar-refractivity contribution in [2.45, 2.75) is 32.7 Å². The van der Waals surface area contributed by atoms with Crippen molar-refractivity contribution in [1.29, 1.82) is 0 Å². The second kappa shape index (κ2) is 6.06. The first-order chi connectivity index (χ1) is 7.54. The Labute approximate surface area is 102 Å². The summed E-state index contributed by atoms with van der Waals surface area (Å²) in [5.74, 6) is 0. The van der Waals surface area contributed by atoms with Crippen LogP contribution in [-0.2, 0) is 11.2 Å². The van der Waals surface area contributed by atoms with Gasteiger partial charge in [-0.3, -0.25) is 4.98 Å². The van der Waals surface area contributed by atoms with E-state index in [0.29, 0.717) is 17.6 Å². The van der Waals surface area contributed by atoms with Crippen LogP contribution in [0.2, 0.25) is 6.82 Å². The standard InChI is InChI=1S/C9H13B2N2O2S/c1-6-5-13(9(14)12-8(6)16)4-3-7(10)15-11-2/h5,7H,3-4H2,1-2H3,(H,12,14,16)/t7-/m0/s1. The number of aryl methyl sites for hydroxylation is 2. The van der Waals surface area contributed by atoms with E-state index >= 15 is 0 Å². The van der Waals surface area contributed by atoms with Crippen molar-refractivity contribution >= 4 is 27.5 Å². The molecule has 1 N–H and O–H groups in total. The molecule has 0 aromatic carbocycles. The molecule has 1 aromatic heterocycles. The van der Waals surface area contributed by atoms with Gasteiger partial charge in [0.1, 0.15) is 12.5 Å². The Hall–Kier alpha value is -0.810. The Morgan fingerprint density at radius 1 is 1.75 bits per heavy atom. The summed E-state index contributed by atoms with van der Waals surface area (Å²) in [6.07, 6.45) is 2.29. The van der Waals surface area contributed by atoms with Crippen LogP contribution in [0.1, 0.15) is 12.0 Å². The molecular weight excluding hydrogens is 222 g/mol. The predicted molar refractivity (Wildman–Crippen MR) is 67.5 cm³/mol. The predicted octanol–water partition coefficient (Wildman–Crippen LogP) is 0.783. The Morgan fingerprint density at radius 2 is 2.44 bits per heavy atom. The lowest BCUT2D eigenvalue weighted by Crippen LogP contribution is -2.26. The Bertz CT molecular complexity index is 458. The van der Waals surface area contributed by atoms with Gasteiger partial charge in [-0.05, 0) is 13.3 Å². The summed E-state index contributed by atoms with van der Waals surface area (Å²) in [5, 5.41) is 0. The van der Waals surface area contributed by atoms with Crippen molar-refractivity contribution in [1.82, 2.24) is 9.55 Å². The summed E-state index contributed by atoms with van der Waals surface area (Å²) in [6, 6.07) is -0.389. The quantitative estimate of drug-likeness (QED) is 0.605. The average Bonchev–Trinajstić information content (AvgIpc) is 2.22. The zero-order valence-electron chi connectivity index (χ0n) is 9.40. The van der Waals surface area contributed by atoms with Gasteiger partial charge >= 0.3 is 5.69 Å². The molecule has 0 spiro atoms. The summed E-state index contributed by atoms with van der Waals surface area (Å²) in [6.45, 7) is 4.11. The molecule has 0 saturated heterocycles. The summed E-state index contributed by atoms with van der Waals surface area (Å²) in [7, 11) is 7.19. The van der Waals surface area contributed by atoms with E-state index in [9.17, 15) is 4.79 Å². The van der Waals surface area contributed by atoms with Crippen molar-refractivity contribution in [2.24, 2.45) is 0 Å². The van der Waals surface area contributed by atoms with Crippen LogP contribution in [0.4, 0.5) is 0 Å². The maximum atomic E-state index is 11.5. The minimum Gasteiger partial charge on any atom is -0.446 e. The van der Waals surface area contributed by atoms with Gasteiger partial charge in [0.15, 0.2) is 0 Å². The van der Waals surface area contributed by atoms with Gasteiger partial charge in [-0.15, -0.1) is 0 Å². The molecule has 1 heterocycles. The van der Waals surface area contributed by atoms with Crippen LogP contribution < -0.4 is 5.69 Å². The first-order valence-corrected chi connectivity index (χ1v) is 5.44. The molecule has 1 aromatic rings. The van der Waals surface area contributed by atoms with Crippen molar-refractivity contribution in [3.63, 3.8) is 0 Å². The molecule has 0 aliphatic heterocycles. The normalized spacial score (nSPS) is 12.4. The number of aromatic nitrogens is 2. The highest BCUT2D eigenvalue weighted by molar-refractivity contribution is 7.71. The topological polar surface area (TPSA) is 47.0 Å². The zero-order valence-corrected chi connectivity index (χ0v) is 10.2. The van der Waals surface area contributed by atoms with Crippen LogP contribution in [0.25, 0.3) is 0 Å². The summed E-state index contributed by atoms with van der Waals surface area (Å²) in [4.78, 5) is 14.1. The number of rotatable bonds is 5. The molecule has 0 bridgehead atoms. The van der Waals surface area contributed by atoms with Crippen molar-refractivity contribution in [2.75, 3.05) is 0 Å². The van der Waals surface area contributed by atoms with Crippen LogP contribution in [0.15, 0.2) is 11.0 Å². The molecule has 0 unspecified atom stereocenters. The van der Waals surface area contributed by atoms with Gasteiger partial charge in [-0.2, -0.15) is 0 Å². The minimum absolute atomic E-state index is 0.219. The maximum absolute atomic E-state index is 11.5. The number of aromatic amines is 1. The summed E-state index contributed by atoms with van der Waals surface area (Å²) in [5.41, 5.74) is 0.648. The monoisotopic (exact) mass is 235 g/mol. The fourth-order valence-corrected chi connectivity index (χ4v) is 1.43. The third-order valence-corrected chi connectivity index (χ3v) is 2.58. The number of nitrogens with one attached hydrogen (secondary N) is 1. The second-order valence-electron chi connectivity index (χ2n) is 3.46. The molecule has 0 aliphatic rings. The van der Waals surface area contributed by atoms with Gasteiger partial charge in [0.2, 0.25) is 0 Å². The SMILES string of the molecule is [B][C@H](CCn1cc(C)c(=S)[nH]c1=O)O[B]C. The number of nitrogens with zero attached hydrogens (tertiary/aromatic N) is 1. The van der Waals surface area contributed by atoms with E-state index in [0.717, 1.165) is 5.56 Å². The molecule has 0 aliphatic carbocycles. The van der Waals surface area contributed by atoms with E-state index in [-0.39, 0.29) is 11.7 Å². The highest BCUT2D eigenvalue weighted by Crippen LogP contribution is 1.98. The van der Waals surface area contributed by atoms with Crippen molar-refractivity contribution in [3.05, 3.63) is 26.9 Å². The lowest BCUT2D eigenvalue weighted by atomic mass is 9.93. The Balaban J connectivity index is 2.71. The lowest BCUT2D eigenvalue weighted by Gasteiger charge is -2.13. The van der Waals surface area contributed by atoms with Crippen LogP contribution in [0.3, 0.4) is 0 Å². The van der Waals surface area contributed by atoms with Gasteiger partial charge in [0, 0.05) is 24.3 Å².